The molecule has 1 aromatic rings. The summed E-state index contributed by atoms with van der Waals surface area (Å²) in [5, 5.41) is 12.8. The van der Waals surface area contributed by atoms with Crippen LogP contribution in [0.15, 0.2) is 30.3 Å². The zero-order valence-electron chi connectivity index (χ0n) is 15.8. The highest BCUT2D eigenvalue weighted by molar-refractivity contribution is 5.80. The van der Waals surface area contributed by atoms with Gasteiger partial charge in [0.1, 0.15) is 0 Å². The van der Waals surface area contributed by atoms with E-state index in [1.165, 1.54) is 5.56 Å². The number of nitrogens with zero attached hydrogens (tertiary/aromatic N) is 2. The van der Waals surface area contributed by atoms with Crippen LogP contribution in [0.5, 0.6) is 0 Å². The Bertz CT molecular complexity index is 695. The summed E-state index contributed by atoms with van der Waals surface area (Å²) in [5.74, 6) is -0.619. The van der Waals surface area contributed by atoms with Crippen LogP contribution in [0.3, 0.4) is 0 Å². The molecular formula is C21H29N3O3. The molecular weight excluding hydrogens is 342 g/mol. The quantitative estimate of drug-likeness (QED) is 0.834. The van der Waals surface area contributed by atoms with Gasteiger partial charge in [0.25, 0.3) is 0 Å². The molecule has 6 heteroatoms. The number of amides is 2. The summed E-state index contributed by atoms with van der Waals surface area (Å²) < 4.78 is 0. The number of hydrogen-bond acceptors (Lipinski definition) is 3. The van der Waals surface area contributed by atoms with Gasteiger partial charge in [0.2, 0.25) is 0 Å². The fraction of sp³-hybridized carbons (Fsp3) is 0.619. The van der Waals surface area contributed by atoms with Crippen molar-refractivity contribution in [2.45, 2.75) is 44.7 Å². The van der Waals surface area contributed by atoms with Crippen LogP contribution in [0, 0.1) is 11.3 Å². The lowest BCUT2D eigenvalue weighted by Gasteiger charge is -2.27. The highest BCUT2D eigenvalue weighted by Crippen LogP contribution is 2.48. The third kappa shape index (κ3) is 3.55. The van der Waals surface area contributed by atoms with Gasteiger partial charge in [-0.1, -0.05) is 36.8 Å². The van der Waals surface area contributed by atoms with Crippen molar-refractivity contribution < 1.29 is 14.7 Å². The minimum absolute atomic E-state index is 0.100. The van der Waals surface area contributed by atoms with Gasteiger partial charge in [0, 0.05) is 32.2 Å². The first-order valence-corrected chi connectivity index (χ1v) is 10.1. The summed E-state index contributed by atoms with van der Waals surface area (Å²) in [6.45, 7) is 3.54. The van der Waals surface area contributed by atoms with Crippen LogP contribution in [0.4, 0.5) is 4.79 Å². The van der Waals surface area contributed by atoms with E-state index in [0.717, 1.165) is 38.8 Å². The Morgan fingerprint density at radius 1 is 1.19 bits per heavy atom. The first-order valence-electron chi connectivity index (χ1n) is 10.1. The normalized spacial score (nSPS) is 30.4. The number of carboxylic acid groups (broad SMARTS) is 1. The van der Waals surface area contributed by atoms with E-state index in [2.05, 4.69) is 34.5 Å². The highest BCUT2D eigenvalue weighted by Gasteiger charge is 2.55. The zero-order valence-corrected chi connectivity index (χ0v) is 15.8. The van der Waals surface area contributed by atoms with E-state index in [1.807, 2.05) is 6.07 Å². The molecule has 2 heterocycles. The van der Waals surface area contributed by atoms with Crippen LogP contribution in [0.1, 0.15) is 37.7 Å². The van der Waals surface area contributed by atoms with Crippen molar-refractivity contribution in [2.24, 2.45) is 11.3 Å². The third-order valence-corrected chi connectivity index (χ3v) is 6.80. The molecule has 2 amide bonds. The topological polar surface area (TPSA) is 72.9 Å². The minimum atomic E-state index is -0.731. The number of carboxylic acids is 1. The Balaban J connectivity index is 1.31. The molecule has 1 aliphatic carbocycles. The van der Waals surface area contributed by atoms with Gasteiger partial charge in [-0.25, -0.2) is 4.79 Å². The van der Waals surface area contributed by atoms with E-state index in [9.17, 15) is 14.7 Å². The maximum Gasteiger partial charge on any atom is 0.317 e. The summed E-state index contributed by atoms with van der Waals surface area (Å²) in [4.78, 5) is 28.6. The number of nitrogens with one attached hydrogen (secondary N) is 1. The number of benzene rings is 1. The molecule has 6 nitrogen and oxygen atoms in total. The second-order valence-electron chi connectivity index (χ2n) is 8.37. The second kappa shape index (κ2) is 7.50. The summed E-state index contributed by atoms with van der Waals surface area (Å²) >= 11 is 0. The summed E-state index contributed by atoms with van der Waals surface area (Å²) in [6.07, 6.45) is 4.83. The maximum atomic E-state index is 12.7. The predicted molar refractivity (Wildman–Crippen MR) is 102 cm³/mol. The Morgan fingerprint density at radius 3 is 2.74 bits per heavy atom. The lowest BCUT2D eigenvalue weighted by molar-refractivity contribution is -0.149. The van der Waals surface area contributed by atoms with Crippen LogP contribution < -0.4 is 5.32 Å². The first kappa shape index (κ1) is 18.3. The number of rotatable bonds is 5. The average molecular weight is 371 g/mol. The molecule has 3 aliphatic rings. The van der Waals surface area contributed by atoms with Crippen molar-refractivity contribution in [1.29, 1.82) is 0 Å². The molecule has 2 saturated heterocycles. The molecule has 4 rings (SSSR count). The van der Waals surface area contributed by atoms with Crippen molar-refractivity contribution in [2.75, 3.05) is 26.2 Å². The van der Waals surface area contributed by atoms with E-state index in [-0.39, 0.29) is 11.9 Å². The largest absolute Gasteiger partial charge is 0.481 e. The molecule has 3 fully saturated rings. The fourth-order valence-electron chi connectivity index (χ4n) is 5.26. The molecule has 27 heavy (non-hydrogen) atoms. The lowest BCUT2D eigenvalue weighted by Crippen LogP contribution is -2.46. The number of urea groups is 1. The first-order chi connectivity index (χ1) is 13.1. The van der Waals surface area contributed by atoms with Crippen LogP contribution in [-0.4, -0.2) is 59.1 Å². The number of likely N-dealkylation sites (tertiary alicyclic amines) is 2. The maximum absolute atomic E-state index is 12.7. The van der Waals surface area contributed by atoms with Crippen molar-refractivity contribution in [3.63, 3.8) is 0 Å². The molecule has 0 radical (unpaired) electrons. The zero-order chi connectivity index (χ0) is 18.9. The number of hydrogen-bond donors (Lipinski definition) is 2. The van der Waals surface area contributed by atoms with Crippen LogP contribution in [-0.2, 0) is 11.3 Å². The Hall–Kier alpha value is -2.08. The number of aliphatic carboxylic acids is 1. The summed E-state index contributed by atoms with van der Waals surface area (Å²) in [5.41, 5.74) is 0.593. The number of fused-ring (bicyclic) bond motifs is 1. The molecule has 2 aliphatic heterocycles. The smallest absolute Gasteiger partial charge is 0.317 e. The minimum Gasteiger partial charge on any atom is -0.481 e. The van der Waals surface area contributed by atoms with Crippen molar-refractivity contribution in [3.8, 4) is 0 Å². The molecule has 0 bridgehead atoms. The van der Waals surface area contributed by atoms with Gasteiger partial charge in [0.15, 0.2) is 0 Å². The van der Waals surface area contributed by atoms with Crippen molar-refractivity contribution >= 4 is 12.0 Å². The summed E-state index contributed by atoms with van der Waals surface area (Å²) in [7, 11) is 0. The Morgan fingerprint density at radius 2 is 2.00 bits per heavy atom. The molecule has 1 aromatic carbocycles. The van der Waals surface area contributed by atoms with Crippen molar-refractivity contribution in [1.82, 2.24) is 15.1 Å². The lowest BCUT2D eigenvalue weighted by atomic mass is 9.81. The van der Waals surface area contributed by atoms with Gasteiger partial charge in [-0.2, -0.15) is 0 Å². The molecule has 2 N–H and O–H groups in total. The van der Waals surface area contributed by atoms with Gasteiger partial charge in [-0.05, 0) is 43.7 Å². The van der Waals surface area contributed by atoms with Crippen LogP contribution in [0.2, 0.25) is 0 Å². The van der Waals surface area contributed by atoms with Gasteiger partial charge in [0.05, 0.1) is 5.41 Å². The third-order valence-electron chi connectivity index (χ3n) is 6.80. The van der Waals surface area contributed by atoms with E-state index >= 15 is 0 Å². The predicted octanol–water partition coefficient (Wildman–Crippen LogP) is 2.55. The Kier molecular flexibility index (Phi) is 5.08. The second-order valence-corrected chi connectivity index (χ2v) is 8.37. The number of carbonyl (C=O) groups is 2. The molecule has 1 unspecified atom stereocenters. The van der Waals surface area contributed by atoms with Crippen molar-refractivity contribution in [3.05, 3.63) is 35.9 Å². The van der Waals surface area contributed by atoms with Gasteiger partial charge >= 0.3 is 12.0 Å². The Labute approximate surface area is 160 Å². The van der Waals surface area contributed by atoms with Crippen LogP contribution in [0.25, 0.3) is 0 Å². The fourth-order valence-corrected chi connectivity index (χ4v) is 5.26. The van der Waals surface area contributed by atoms with Crippen LogP contribution >= 0.6 is 0 Å². The summed E-state index contributed by atoms with van der Waals surface area (Å²) in [6, 6.07) is 10.7. The molecule has 0 spiro atoms. The number of carbonyl (C=O) groups excluding carboxylic acids is 1. The average Bonchev–Trinajstić information content (AvgIpc) is 3.35. The standard InChI is InChI=1S/C21H29N3O3/c25-19(26)21-10-4-8-17(21)14-24(15-21)20(27)22-12-18-9-5-11-23(18)13-16-6-2-1-3-7-16/h1-3,6-7,17-18H,4-5,8-15H2,(H,22,27)(H,25,26)/t17-,18?,21+/m0/s1. The van der Waals surface area contributed by atoms with Gasteiger partial charge < -0.3 is 15.3 Å². The van der Waals surface area contributed by atoms with E-state index < -0.39 is 11.4 Å². The molecule has 1 saturated carbocycles. The highest BCUT2D eigenvalue weighted by atomic mass is 16.4. The monoisotopic (exact) mass is 371 g/mol. The van der Waals surface area contributed by atoms with E-state index in [0.29, 0.717) is 32.1 Å². The SMILES string of the molecule is O=C(NCC1CCCN1Cc1ccccc1)N1C[C@@H]2CCC[C@@]2(C(=O)O)C1. The van der Waals surface area contributed by atoms with Gasteiger partial charge in [-0.3, -0.25) is 9.69 Å². The molecule has 0 aromatic heterocycles. The molecule has 3 atom stereocenters. The van der Waals surface area contributed by atoms with E-state index in [4.69, 9.17) is 0 Å². The van der Waals surface area contributed by atoms with Gasteiger partial charge in [-0.15, -0.1) is 0 Å². The molecule has 146 valence electrons. The van der Waals surface area contributed by atoms with E-state index in [1.54, 1.807) is 4.90 Å².